The standard InChI is InChI=1S/C18H25NO3/c1-12-9-14(20)11-17-18(12,7-8-19(17)2)13-5-6-15(21-3)16(10-13)22-4/h5-6,10-12,14,20H,7-9H2,1-4H3/t12-,14+,18+/m0/s1. The van der Waals surface area contributed by atoms with Gasteiger partial charge in [-0.15, -0.1) is 0 Å². The van der Waals surface area contributed by atoms with Gasteiger partial charge in [-0.05, 0) is 42.5 Å². The number of allylic oxidation sites excluding steroid dienone is 1. The van der Waals surface area contributed by atoms with Crippen molar-refractivity contribution in [3.05, 3.63) is 35.5 Å². The first-order chi connectivity index (χ1) is 10.5. The quantitative estimate of drug-likeness (QED) is 0.932. The zero-order valence-electron chi connectivity index (χ0n) is 13.8. The molecule has 1 aliphatic heterocycles. The molecule has 1 heterocycles. The van der Waals surface area contributed by atoms with Gasteiger partial charge >= 0.3 is 0 Å². The van der Waals surface area contributed by atoms with Crippen LogP contribution in [0, 0.1) is 5.92 Å². The second-order valence-electron chi connectivity index (χ2n) is 6.47. The normalized spacial score (nSPS) is 30.8. The van der Waals surface area contributed by atoms with E-state index in [2.05, 4.69) is 31.0 Å². The Morgan fingerprint density at radius 2 is 1.95 bits per heavy atom. The highest BCUT2D eigenvalue weighted by Gasteiger charge is 2.49. The molecule has 4 nitrogen and oxygen atoms in total. The zero-order chi connectivity index (χ0) is 15.9. The van der Waals surface area contributed by atoms with Crippen LogP contribution >= 0.6 is 0 Å². The molecule has 0 bridgehead atoms. The van der Waals surface area contributed by atoms with Gasteiger partial charge in [0.1, 0.15) is 0 Å². The van der Waals surface area contributed by atoms with Gasteiger partial charge in [-0.25, -0.2) is 0 Å². The molecule has 3 rings (SSSR count). The maximum Gasteiger partial charge on any atom is 0.161 e. The van der Waals surface area contributed by atoms with Gasteiger partial charge < -0.3 is 19.5 Å². The predicted molar refractivity (Wildman–Crippen MR) is 86.3 cm³/mol. The number of hydrogen-bond donors (Lipinski definition) is 1. The van der Waals surface area contributed by atoms with E-state index in [1.54, 1.807) is 14.2 Å². The van der Waals surface area contributed by atoms with Gasteiger partial charge in [0.15, 0.2) is 11.5 Å². The van der Waals surface area contributed by atoms with Crippen LogP contribution in [0.15, 0.2) is 30.0 Å². The molecule has 2 aliphatic rings. The van der Waals surface area contributed by atoms with Crippen molar-refractivity contribution in [1.29, 1.82) is 0 Å². The molecule has 22 heavy (non-hydrogen) atoms. The van der Waals surface area contributed by atoms with Gasteiger partial charge in [-0.2, -0.15) is 0 Å². The maximum absolute atomic E-state index is 10.1. The molecule has 1 N–H and O–H groups in total. The summed E-state index contributed by atoms with van der Waals surface area (Å²) in [5.41, 5.74) is 2.46. The molecule has 120 valence electrons. The fourth-order valence-electron chi connectivity index (χ4n) is 4.21. The van der Waals surface area contributed by atoms with Gasteiger partial charge in [0.25, 0.3) is 0 Å². The Morgan fingerprint density at radius 3 is 2.64 bits per heavy atom. The number of methoxy groups -OCH3 is 2. The van der Waals surface area contributed by atoms with E-state index in [-0.39, 0.29) is 11.5 Å². The SMILES string of the molecule is COc1ccc([C@]23CCN(C)C2=C[C@H](O)C[C@@H]3C)cc1OC. The fourth-order valence-corrected chi connectivity index (χ4v) is 4.21. The van der Waals surface area contributed by atoms with Crippen molar-refractivity contribution in [2.45, 2.75) is 31.3 Å². The zero-order valence-corrected chi connectivity index (χ0v) is 13.8. The third-order valence-corrected chi connectivity index (χ3v) is 5.40. The molecule has 0 saturated carbocycles. The molecule has 0 radical (unpaired) electrons. The number of likely N-dealkylation sites (N-methyl/N-ethyl adjacent to an activating group) is 1. The number of ether oxygens (including phenoxy) is 2. The molecule has 1 aliphatic carbocycles. The van der Waals surface area contributed by atoms with Crippen LogP contribution < -0.4 is 9.47 Å². The lowest BCUT2D eigenvalue weighted by Gasteiger charge is -2.42. The summed E-state index contributed by atoms with van der Waals surface area (Å²) in [5, 5.41) is 10.1. The van der Waals surface area contributed by atoms with E-state index >= 15 is 0 Å². The molecule has 1 aromatic rings. The van der Waals surface area contributed by atoms with E-state index < -0.39 is 0 Å². The summed E-state index contributed by atoms with van der Waals surface area (Å²) in [5.74, 6) is 1.90. The summed E-state index contributed by atoms with van der Waals surface area (Å²) in [4.78, 5) is 2.27. The van der Waals surface area contributed by atoms with Crippen LogP contribution in [0.1, 0.15) is 25.3 Å². The van der Waals surface area contributed by atoms with E-state index in [0.717, 1.165) is 30.9 Å². The molecular formula is C18H25NO3. The summed E-state index contributed by atoms with van der Waals surface area (Å²) in [6.45, 7) is 3.25. The highest BCUT2D eigenvalue weighted by Crippen LogP contribution is 2.53. The number of benzene rings is 1. The second kappa shape index (κ2) is 5.51. The number of fused-ring (bicyclic) bond motifs is 1. The topological polar surface area (TPSA) is 41.9 Å². The van der Waals surface area contributed by atoms with E-state index in [4.69, 9.17) is 9.47 Å². The summed E-state index contributed by atoms with van der Waals surface area (Å²) >= 11 is 0. The Hall–Kier alpha value is -1.68. The van der Waals surface area contributed by atoms with Gasteiger partial charge in [0, 0.05) is 24.7 Å². The summed E-state index contributed by atoms with van der Waals surface area (Å²) < 4.78 is 10.9. The average Bonchev–Trinajstić information content (AvgIpc) is 2.85. The smallest absolute Gasteiger partial charge is 0.161 e. The van der Waals surface area contributed by atoms with Crippen LogP contribution in [-0.4, -0.2) is 43.9 Å². The van der Waals surface area contributed by atoms with Gasteiger partial charge in [-0.3, -0.25) is 0 Å². The minimum Gasteiger partial charge on any atom is -0.493 e. The van der Waals surface area contributed by atoms with Crippen molar-refractivity contribution in [3.8, 4) is 11.5 Å². The van der Waals surface area contributed by atoms with Crippen molar-refractivity contribution in [1.82, 2.24) is 4.90 Å². The third kappa shape index (κ3) is 2.09. The Labute approximate surface area is 132 Å². The Balaban J connectivity index is 2.14. The van der Waals surface area contributed by atoms with Crippen molar-refractivity contribution >= 4 is 0 Å². The summed E-state index contributed by atoms with van der Waals surface area (Å²) in [6.07, 6.45) is 3.55. The number of likely N-dealkylation sites (tertiary alicyclic amines) is 1. The Kier molecular flexibility index (Phi) is 3.81. The van der Waals surface area contributed by atoms with Crippen molar-refractivity contribution in [2.75, 3.05) is 27.8 Å². The third-order valence-electron chi connectivity index (χ3n) is 5.40. The molecule has 0 aromatic heterocycles. The van der Waals surface area contributed by atoms with Crippen LogP contribution in [0.4, 0.5) is 0 Å². The first-order valence-electron chi connectivity index (χ1n) is 7.87. The highest BCUT2D eigenvalue weighted by atomic mass is 16.5. The van der Waals surface area contributed by atoms with E-state index in [1.165, 1.54) is 11.3 Å². The molecule has 0 spiro atoms. The number of rotatable bonds is 3. The lowest BCUT2D eigenvalue weighted by Crippen LogP contribution is -2.40. The fraction of sp³-hybridized carbons (Fsp3) is 0.556. The number of aliphatic hydroxyl groups is 1. The van der Waals surface area contributed by atoms with Gasteiger partial charge in [0.05, 0.1) is 20.3 Å². The van der Waals surface area contributed by atoms with Gasteiger partial charge in [-0.1, -0.05) is 13.0 Å². The predicted octanol–water partition coefficient (Wildman–Crippen LogP) is 2.56. The van der Waals surface area contributed by atoms with Crippen molar-refractivity contribution in [2.24, 2.45) is 5.92 Å². The summed E-state index contributed by atoms with van der Waals surface area (Å²) in [6, 6.07) is 6.22. The first-order valence-corrected chi connectivity index (χ1v) is 7.87. The molecule has 0 unspecified atom stereocenters. The Bertz CT molecular complexity index is 598. The van der Waals surface area contributed by atoms with Crippen molar-refractivity contribution in [3.63, 3.8) is 0 Å². The maximum atomic E-state index is 10.1. The number of nitrogens with zero attached hydrogens (tertiary/aromatic N) is 1. The minimum atomic E-state index is -0.348. The molecule has 4 heteroatoms. The molecule has 1 fully saturated rings. The lowest BCUT2D eigenvalue weighted by molar-refractivity contribution is 0.144. The molecule has 1 aromatic carbocycles. The molecular weight excluding hydrogens is 278 g/mol. The summed E-state index contributed by atoms with van der Waals surface area (Å²) in [7, 11) is 5.44. The largest absolute Gasteiger partial charge is 0.493 e. The molecule has 3 atom stereocenters. The molecule has 1 saturated heterocycles. The van der Waals surface area contributed by atoms with Crippen LogP contribution in [0.3, 0.4) is 0 Å². The number of hydrogen-bond acceptors (Lipinski definition) is 4. The van der Waals surface area contributed by atoms with Crippen molar-refractivity contribution < 1.29 is 14.6 Å². The second-order valence-corrected chi connectivity index (χ2v) is 6.47. The van der Waals surface area contributed by atoms with Crippen LogP contribution in [0.25, 0.3) is 0 Å². The lowest BCUT2D eigenvalue weighted by atomic mass is 9.64. The van der Waals surface area contributed by atoms with Crippen LogP contribution in [-0.2, 0) is 5.41 Å². The Morgan fingerprint density at radius 1 is 1.23 bits per heavy atom. The van der Waals surface area contributed by atoms with E-state index in [0.29, 0.717) is 5.92 Å². The highest BCUT2D eigenvalue weighted by molar-refractivity contribution is 5.50. The van der Waals surface area contributed by atoms with Crippen LogP contribution in [0.5, 0.6) is 11.5 Å². The monoisotopic (exact) mass is 303 g/mol. The first kappa shape index (κ1) is 15.2. The van der Waals surface area contributed by atoms with Crippen LogP contribution in [0.2, 0.25) is 0 Å². The van der Waals surface area contributed by atoms with Gasteiger partial charge in [0.2, 0.25) is 0 Å². The number of aliphatic hydroxyl groups excluding tert-OH is 1. The average molecular weight is 303 g/mol. The minimum absolute atomic E-state index is 0.0342. The molecule has 0 amide bonds. The van der Waals surface area contributed by atoms with E-state index in [1.807, 2.05) is 12.1 Å². The van der Waals surface area contributed by atoms with E-state index in [9.17, 15) is 5.11 Å².